The highest BCUT2D eigenvalue weighted by Gasteiger charge is 2.35. The van der Waals surface area contributed by atoms with Gasteiger partial charge in [0.05, 0.1) is 30.4 Å². The first kappa shape index (κ1) is 29.2. The van der Waals surface area contributed by atoms with Gasteiger partial charge in [0.1, 0.15) is 11.6 Å². The van der Waals surface area contributed by atoms with Crippen molar-refractivity contribution in [1.29, 1.82) is 0 Å². The molecule has 1 heterocycles. The van der Waals surface area contributed by atoms with Gasteiger partial charge < -0.3 is 14.5 Å². The molecule has 1 aromatic heterocycles. The second kappa shape index (κ2) is 14.5. The molecule has 0 radical (unpaired) electrons. The van der Waals surface area contributed by atoms with Crippen LogP contribution in [0.5, 0.6) is 5.75 Å². The Morgan fingerprint density at radius 1 is 1.16 bits per heavy atom. The number of carbonyl (C=O) groups excluding carboxylic acids is 1. The molecule has 0 unspecified atom stereocenters. The molecule has 1 amide bonds. The normalized spacial score (nSPS) is 16.6. The number of amides is 1. The topological polar surface area (TPSA) is 58.6 Å². The van der Waals surface area contributed by atoms with Crippen molar-refractivity contribution >= 4 is 23.5 Å². The Labute approximate surface area is 226 Å². The van der Waals surface area contributed by atoms with E-state index in [0.29, 0.717) is 41.3 Å². The largest absolute Gasteiger partial charge is 0.493 e. The zero-order valence-electron chi connectivity index (χ0n) is 22.8. The van der Waals surface area contributed by atoms with E-state index in [1.54, 1.807) is 36.5 Å². The van der Waals surface area contributed by atoms with E-state index < -0.39 is 0 Å². The highest BCUT2D eigenvalue weighted by atomic mass is 35.5. The molecule has 37 heavy (non-hydrogen) atoms. The van der Waals surface area contributed by atoms with Crippen molar-refractivity contribution in [1.82, 2.24) is 14.9 Å². The van der Waals surface area contributed by atoms with Crippen LogP contribution in [0.2, 0.25) is 5.02 Å². The van der Waals surface area contributed by atoms with Crippen LogP contribution in [-0.4, -0.2) is 54.1 Å². The first-order valence-corrected chi connectivity index (χ1v) is 14.0. The Hall–Kier alpha value is -2.41. The Kier molecular flexibility index (Phi) is 11.4. The first-order chi connectivity index (χ1) is 17.8. The molecule has 0 bridgehead atoms. The van der Waals surface area contributed by atoms with Crippen molar-refractivity contribution in [3.05, 3.63) is 47.0 Å². The second-order valence-corrected chi connectivity index (χ2v) is 11.1. The molecule has 1 aromatic carbocycles. The SMILES string of the molecule is CCCN(CCC[C@H]1C[C@H]1CCOc1ccc(CC(=O)N(C)CCC(C)C)c(F)c1)c1ncc(Cl)cn1. The third-order valence-electron chi connectivity index (χ3n) is 7.05. The molecule has 3 rings (SSSR count). The summed E-state index contributed by atoms with van der Waals surface area (Å²) in [5.74, 6) is 2.76. The van der Waals surface area contributed by atoms with Crippen LogP contribution in [0.15, 0.2) is 30.6 Å². The van der Waals surface area contributed by atoms with E-state index in [9.17, 15) is 9.18 Å². The number of benzene rings is 1. The van der Waals surface area contributed by atoms with Gasteiger partial charge in [0, 0.05) is 32.7 Å². The average molecular weight is 533 g/mol. The molecule has 2 atom stereocenters. The van der Waals surface area contributed by atoms with E-state index >= 15 is 0 Å². The van der Waals surface area contributed by atoms with Gasteiger partial charge in [-0.2, -0.15) is 0 Å². The number of ether oxygens (including phenoxy) is 1. The average Bonchev–Trinajstić information content (AvgIpc) is 3.62. The number of likely N-dealkylation sites (N-methyl/N-ethyl adjacent to an activating group) is 1. The number of halogens is 2. The number of hydrogen-bond donors (Lipinski definition) is 0. The van der Waals surface area contributed by atoms with E-state index in [-0.39, 0.29) is 18.1 Å². The van der Waals surface area contributed by atoms with Gasteiger partial charge in [-0.05, 0) is 67.9 Å². The van der Waals surface area contributed by atoms with E-state index in [2.05, 4.69) is 35.6 Å². The van der Waals surface area contributed by atoms with Gasteiger partial charge in [0.15, 0.2) is 0 Å². The van der Waals surface area contributed by atoms with Crippen molar-refractivity contribution in [3.8, 4) is 5.75 Å². The summed E-state index contributed by atoms with van der Waals surface area (Å²) < 4.78 is 20.4. The van der Waals surface area contributed by atoms with Gasteiger partial charge in [-0.1, -0.05) is 38.4 Å². The lowest BCUT2D eigenvalue weighted by atomic mass is 10.1. The zero-order chi connectivity index (χ0) is 26.8. The fourth-order valence-electron chi connectivity index (χ4n) is 4.58. The van der Waals surface area contributed by atoms with Crippen LogP contribution >= 0.6 is 11.6 Å². The Morgan fingerprint density at radius 2 is 1.89 bits per heavy atom. The zero-order valence-corrected chi connectivity index (χ0v) is 23.5. The molecular formula is C29H42ClFN4O2. The predicted octanol–water partition coefficient (Wildman–Crippen LogP) is 6.42. The molecule has 0 saturated heterocycles. The summed E-state index contributed by atoms with van der Waals surface area (Å²) in [4.78, 5) is 25.0. The van der Waals surface area contributed by atoms with Gasteiger partial charge >= 0.3 is 0 Å². The summed E-state index contributed by atoms with van der Waals surface area (Å²) >= 11 is 5.92. The number of rotatable bonds is 16. The van der Waals surface area contributed by atoms with E-state index in [1.807, 2.05) is 0 Å². The summed E-state index contributed by atoms with van der Waals surface area (Å²) in [5, 5.41) is 0.553. The number of aromatic nitrogens is 2. The standard InChI is InChI=1S/C29H42ClFN4O2/c1-5-12-35(29-32-19-25(30)20-33-29)13-6-7-22-16-23(22)11-15-37-26-9-8-24(27(31)18-26)17-28(36)34(4)14-10-21(2)3/h8-9,18-23H,5-7,10-17H2,1-4H3/t22-,23+/m0/s1. The second-order valence-electron chi connectivity index (χ2n) is 10.7. The summed E-state index contributed by atoms with van der Waals surface area (Å²) in [6, 6.07) is 4.85. The van der Waals surface area contributed by atoms with Crippen LogP contribution in [0.1, 0.15) is 64.9 Å². The van der Waals surface area contributed by atoms with Crippen LogP contribution in [-0.2, 0) is 11.2 Å². The van der Waals surface area contributed by atoms with E-state index in [1.165, 1.54) is 18.9 Å². The molecule has 1 aliphatic rings. The third kappa shape index (κ3) is 9.76. The smallest absolute Gasteiger partial charge is 0.226 e. The Bertz CT molecular complexity index is 988. The van der Waals surface area contributed by atoms with Crippen LogP contribution < -0.4 is 9.64 Å². The molecule has 2 aromatic rings. The van der Waals surface area contributed by atoms with Crippen LogP contribution in [0.4, 0.5) is 10.3 Å². The molecule has 0 N–H and O–H groups in total. The number of nitrogens with zero attached hydrogens (tertiary/aromatic N) is 4. The fourth-order valence-corrected chi connectivity index (χ4v) is 4.67. The van der Waals surface area contributed by atoms with Gasteiger partial charge in [0.2, 0.25) is 11.9 Å². The molecule has 1 fully saturated rings. The minimum atomic E-state index is -0.381. The minimum Gasteiger partial charge on any atom is -0.493 e. The number of anilines is 1. The number of hydrogen-bond acceptors (Lipinski definition) is 5. The molecule has 204 valence electrons. The van der Waals surface area contributed by atoms with E-state index in [4.69, 9.17) is 16.3 Å². The van der Waals surface area contributed by atoms with E-state index in [0.717, 1.165) is 50.6 Å². The highest BCUT2D eigenvalue weighted by Crippen LogP contribution is 2.44. The molecule has 0 aliphatic heterocycles. The minimum absolute atomic E-state index is 0.0634. The monoisotopic (exact) mass is 532 g/mol. The first-order valence-electron chi connectivity index (χ1n) is 13.6. The molecule has 1 aliphatic carbocycles. The van der Waals surface area contributed by atoms with Gasteiger partial charge in [-0.25, -0.2) is 14.4 Å². The van der Waals surface area contributed by atoms with Crippen molar-refractivity contribution in [2.45, 2.75) is 65.7 Å². The summed E-state index contributed by atoms with van der Waals surface area (Å²) in [6.07, 6.45) is 9.85. The maximum atomic E-state index is 14.6. The summed E-state index contributed by atoms with van der Waals surface area (Å²) in [5.41, 5.74) is 0.414. The van der Waals surface area contributed by atoms with Crippen molar-refractivity contribution in [3.63, 3.8) is 0 Å². The van der Waals surface area contributed by atoms with Crippen LogP contribution in [0.25, 0.3) is 0 Å². The lowest BCUT2D eigenvalue weighted by molar-refractivity contribution is -0.129. The fraction of sp³-hybridized carbons (Fsp3) is 0.621. The lowest BCUT2D eigenvalue weighted by Crippen LogP contribution is -2.30. The molecule has 0 spiro atoms. The predicted molar refractivity (Wildman–Crippen MR) is 148 cm³/mol. The lowest BCUT2D eigenvalue weighted by Gasteiger charge is -2.21. The van der Waals surface area contributed by atoms with Crippen LogP contribution in [0, 0.1) is 23.6 Å². The molecule has 6 nitrogen and oxygen atoms in total. The molecule has 1 saturated carbocycles. The number of carbonyl (C=O) groups is 1. The summed E-state index contributed by atoms with van der Waals surface area (Å²) in [6.45, 7) is 9.56. The molecular weight excluding hydrogens is 491 g/mol. The van der Waals surface area contributed by atoms with Crippen molar-refractivity contribution in [2.24, 2.45) is 17.8 Å². The van der Waals surface area contributed by atoms with Crippen LogP contribution in [0.3, 0.4) is 0 Å². The van der Waals surface area contributed by atoms with Gasteiger partial charge in [-0.3, -0.25) is 4.79 Å². The van der Waals surface area contributed by atoms with Crippen molar-refractivity contribution in [2.75, 3.05) is 38.2 Å². The molecule has 8 heteroatoms. The Morgan fingerprint density at radius 3 is 2.57 bits per heavy atom. The third-order valence-corrected chi connectivity index (χ3v) is 7.24. The van der Waals surface area contributed by atoms with Crippen molar-refractivity contribution < 1.29 is 13.9 Å². The summed E-state index contributed by atoms with van der Waals surface area (Å²) in [7, 11) is 1.78. The Balaban J connectivity index is 1.34. The van der Waals surface area contributed by atoms with Gasteiger partial charge in [0.25, 0.3) is 0 Å². The quantitative estimate of drug-likeness (QED) is 0.250. The maximum Gasteiger partial charge on any atom is 0.226 e. The highest BCUT2D eigenvalue weighted by molar-refractivity contribution is 6.30. The maximum absolute atomic E-state index is 14.6. The van der Waals surface area contributed by atoms with Gasteiger partial charge in [-0.15, -0.1) is 0 Å².